The highest BCUT2D eigenvalue weighted by molar-refractivity contribution is 5.82. The molecule has 24 heavy (non-hydrogen) atoms. The van der Waals surface area contributed by atoms with E-state index >= 15 is 0 Å². The molecule has 7 heteroatoms. The number of benzene rings is 1. The Kier molecular flexibility index (Phi) is 3.26. The van der Waals surface area contributed by atoms with E-state index < -0.39 is 5.82 Å². The van der Waals surface area contributed by atoms with Gasteiger partial charge in [-0.2, -0.15) is 5.10 Å². The number of aromatic amines is 1. The molecule has 6 nitrogen and oxygen atoms in total. The summed E-state index contributed by atoms with van der Waals surface area (Å²) in [5.74, 6) is -0.166. The molecule has 120 valence electrons. The molecule has 0 saturated carbocycles. The molecular weight excluding hydrogens is 309 g/mol. The van der Waals surface area contributed by atoms with Gasteiger partial charge in [-0.3, -0.25) is 14.3 Å². The minimum Gasteiger partial charge on any atom is -0.340 e. The lowest BCUT2D eigenvalue weighted by atomic mass is 10.2. The van der Waals surface area contributed by atoms with Crippen LogP contribution in [-0.2, 0) is 6.42 Å². The quantitative estimate of drug-likeness (QED) is 0.608. The molecule has 0 fully saturated rings. The van der Waals surface area contributed by atoms with E-state index in [0.717, 1.165) is 16.6 Å². The van der Waals surface area contributed by atoms with E-state index in [1.54, 1.807) is 6.20 Å². The van der Waals surface area contributed by atoms with Gasteiger partial charge >= 0.3 is 0 Å². The normalized spacial score (nSPS) is 11.2. The summed E-state index contributed by atoms with van der Waals surface area (Å²) < 4.78 is 15.3. The average molecular weight is 323 g/mol. The number of nitrogens with zero attached hydrogens (tertiary/aromatic N) is 3. The number of nitrogens with one attached hydrogen (secondary N) is 2. The van der Waals surface area contributed by atoms with Gasteiger partial charge in [0.1, 0.15) is 5.82 Å². The molecule has 3 heterocycles. The summed E-state index contributed by atoms with van der Waals surface area (Å²) >= 11 is 0. The first-order valence-electron chi connectivity index (χ1n) is 7.57. The van der Waals surface area contributed by atoms with E-state index in [1.807, 2.05) is 25.1 Å². The smallest absolute Gasteiger partial charge is 0.263 e. The number of rotatable bonds is 3. The Bertz CT molecular complexity index is 1120. The summed E-state index contributed by atoms with van der Waals surface area (Å²) in [6.45, 7) is 1.87. The predicted molar refractivity (Wildman–Crippen MR) is 90.2 cm³/mol. The summed E-state index contributed by atoms with van der Waals surface area (Å²) in [5, 5.41) is 10.9. The van der Waals surface area contributed by atoms with E-state index in [4.69, 9.17) is 0 Å². The van der Waals surface area contributed by atoms with Gasteiger partial charge in [0.15, 0.2) is 11.5 Å². The Hall–Kier alpha value is -3.22. The second kappa shape index (κ2) is 5.45. The fourth-order valence-corrected chi connectivity index (χ4v) is 2.74. The van der Waals surface area contributed by atoms with Crippen molar-refractivity contribution in [2.45, 2.75) is 13.3 Å². The zero-order valence-electron chi connectivity index (χ0n) is 12.9. The van der Waals surface area contributed by atoms with Crippen molar-refractivity contribution >= 4 is 28.1 Å². The summed E-state index contributed by atoms with van der Waals surface area (Å²) in [5.41, 5.74) is 1.91. The number of hydrogen-bond donors (Lipinski definition) is 2. The van der Waals surface area contributed by atoms with Gasteiger partial charge in [0.05, 0.1) is 17.3 Å². The standard InChI is InChI=1S/C17H14FN5O/c1-2-12-15(20-11-5-6-14-10(8-11)9-19-22-14)21-16-13(18)4-3-7-23(16)17(12)24/h3-9,20H,2H2,1H3,(H,19,22). The first kappa shape index (κ1) is 14.4. The largest absolute Gasteiger partial charge is 0.340 e. The third-order valence-corrected chi connectivity index (χ3v) is 3.96. The van der Waals surface area contributed by atoms with Crippen molar-refractivity contribution in [1.82, 2.24) is 19.6 Å². The van der Waals surface area contributed by atoms with Crippen molar-refractivity contribution in [2.75, 3.05) is 5.32 Å². The molecule has 3 aromatic heterocycles. The van der Waals surface area contributed by atoms with Crippen LogP contribution in [0.4, 0.5) is 15.9 Å². The van der Waals surface area contributed by atoms with Crippen molar-refractivity contribution in [2.24, 2.45) is 0 Å². The van der Waals surface area contributed by atoms with Crippen LogP contribution in [0.2, 0.25) is 0 Å². The van der Waals surface area contributed by atoms with E-state index in [9.17, 15) is 9.18 Å². The Morgan fingerprint density at radius 3 is 3.04 bits per heavy atom. The summed E-state index contributed by atoms with van der Waals surface area (Å²) in [6, 6.07) is 8.40. The number of fused-ring (bicyclic) bond motifs is 2. The van der Waals surface area contributed by atoms with E-state index in [1.165, 1.54) is 22.7 Å². The number of hydrogen-bond acceptors (Lipinski definition) is 4. The van der Waals surface area contributed by atoms with Crippen LogP contribution in [0, 0.1) is 5.82 Å². The van der Waals surface area contributed by atoms with Gasteiger partial charge in [-0.25, -0.2) is 9.37 Å². The lowest BCUT2D eigenvalue weighted by Gasteiger charge is -2.12. The van der Waals surface area contributed by atoms with Crippen molar-refractivity contribution in [1.29, 1.82) is 0 Å². The van der Waals surface area contributed by atoms with Gasteiger partial charge in [-0.05, 0) is 36.8 Å². The third-order valence-electron chi connectivity index (χ3n) is 3.96. The van der Waals surface area contributed by atoms with E-state index in [-0.39, 0.29) is 11.2 Å². The zero-order chi connectivity index (χ0) is 16.7. The first-order chi connectivity index (χ1) is 11.7. The number of pyridine rings is 1. The lowest BCUT2D eigenvalue weighted by Crippen LogP contribution is -2.22. The molecule has 0 bridgehead atoms. The molecule has 0 spiro atoms. The van der Waals surface area contributed by atoms with Crippen LogP contribution in [0.15, 0.2) is 47.5 Å². The van der Waals surface area contributed by atoms with Crippen LogP contribution in [0.5, 0.6) is 0 Å². The molecule has 0 aliphatic heterocycles. The number of aromatic nitrogens is 4. The second-order valence-corrected chi connectivity index (χ2v) is 5.44. The molecule has 2 N–H and O–H groups in total. The Labute approximate surface area is 136 Å². The van der Waals surface area contributed by atoms with Crippen molar-refractivity contribution in [3.63, 3.8) is 0 Å². The molecule has 0 unspecified atom stereocenters. The van der Waals surface area contributed by atoms with Crippen molar-refractivity contribution in [3.8, 4) is 0 Å². The molecule has 4 rings (SSSR count). The number of anilines is 2. The molecule has 0 saturated heterocycles. The fourth-order valence-electron chi connectivity index (χ4n) is 2.74. The zero-order valence-corrected chi connectivity index (χ0v) is 12.9. The first-order valence-corrected chi connectivity index (χ1v) is 7.57. The molecule has 4 aromatic rings. The molecule has 0 atom stereocenters. The average Bonchev–Trinajstić information content (AvgIpc) is 3.04. The SMILES string of the molecule is CCc1c(Nc2ccc3[nH]ncc3c2)nc2c(F)cccn2c1=O. The van der Waals surface area contributed by atoms with Crippen LogP contribution < -0.4 is 10.9 Å². The van der Waals surface area contributed by atoms with Crippen LogP contribution in [0.25, 0.3) is 16.6 Å². The fraction of sp³-hybridized carbons (Fsp3) is 0.118. The molecular formula is C17H14FN5O. The van der Waals surface area contributed by atoms with Gasteiger partial charge in [-0.15, -0.1) is 0 Å². The minimum atomic E-state index is -0.536. The maximum Gasteiger partial charge on any atom is 0.263 e. The van der Waals surface area contributed by atoms with Crippen LogP contribution in [-0.4, -0.2) is 19.6 Å². The molecule has 1 aromatic carbocycles. The van der Waals surface area contributed by atoms with Gasteiger partial charge in [0, 0.05) is 17.3 Å². The van der Waals surface area contributed by atoms with Gasteiger partial charge < -0.3 is 5.32 Å². The van der Waals surface area contributed by atoms with E-state index in [0.29, 0.717) is 17.8 Å². The van der Waals surface area contributed by atoms with Gasteiger partial charge in [0.2, 0.25) is 0 Å². The van der Waals surface area contributed by atoms with Crippen LogP contribution in [0.3, 0.4) is 0 Å². The summed E-state index contributed by atoms with van der Waals surface area (Å²) in [7, 11) is 0. The van der Waals surface area contributed by atoms with Crippen LogP contribution >= 0.6 is 0 Å². The third kappa shape index (κ3) is 2.21. The van der Waals surface area contributed by atoms with Crippen molar-refractivity contribution in [3.05, 3.63) is 64.5 Å². The maximum absolute atomic E-state index is 14.0. The Morgan fingerprint density at radius 2 is 2.21 bits per heavy atom. The highest BCUT2D eigenvalue weighted by atomic mass is 19.1. The molecule has 0 radical (unpaired) electrons. The Balaban J connectivity index is 1.88. The van der Waals surface area contributed by atoms with Crippen LogP contribution in [0.1, 0.15) is 12.5 Å². The number of H-pyrrole nitrogens is 1. The monoisotopic (exact) mass is 323 g/mol. The van der Waals surface area contributed by atoms with Gasteiger partial charge in [0.25, 0.3) is 5.56 Å². The highest BCUT2D eigenvalue weighted by Gasteiger charge is 2.14. The number of halogens is 1. The maximum atomic E-state index is 14.0. The second-order valence-electron chi connectivity index (χ2n) is 5.44. The molecule has 0 aliphatic rings. The molecule has 0 aliphatic carbocycles. The Morgan fingerprint density at radius 1 is 1.33 bits per heavy atom. The lowest BCUT2D eigenvalue weighted by molar-refractivity contribution is 0.626. The summed E-state index contributed by atoms with van der Waals surface area (Å²) in [4.78, 5) is 16.9. The van der Waals surface area contributed by atoms with E-state index in [2.05, 4.69) is 20.5 Å². The molecule has 0 amide bonds. The minimum absolute atomic E-state index is 0.00610. The van der Waals surface area contributed by atoms with Gasteiger partial charge in [-0.1, -0.05) is 6.92 Å². The summed E-state index contributed by atoms with van der Waals surface area (Å²) in [6.07, 6.45) is 3.72. The van der Waals surface area contributed by atoms with Crippen molar-refractivity contribution < 1.29 is 4.39 Å². The predicted octanol–water partition coefficient (Wildman–Crippen LogP) is 3.02. The topological polar surface area (TPSA) is 75.1 Å². The highest BCUT2D eigenvalue weighted by Crippen LogP contribution is 2.22.